The number of hydrogen-bond donors (Lipinski definition) is 2. The van der Waals surface area contributed by atoms with Gasteiger partial charge in [-0.05, 0) is 48.9 Å². The van der Waals surface area contributed by atoms with Gasteiger partial charge in [0.05, 0.1) is 0 Å². The summed E-state index contributed by atoms with van der Waals surface area (Å²) in [6.45, 7) is 2.13. The van der Waals surface area contributed by atoms with Crippen LogP contribution in [0.4, 0.5) is 4.79 Å². The summed E-state index contributed by atoms with van der Waals surface area (Å²) in [5.74, 6) is 0.632. The number of hydrogen-bond acceptors (Lipinski definition) is 2. The number of ether oxygens (including phenoxy) is 1. The van der Waals surface area contributed by atoms with Crippen LogP contribution in [0.25, 0.3) is 0 Å². The van der Waals surface area contributed by atoms with Crippen molar-refractivity contribution < 1.29 is 9.53 Å². The van der Waals surface area contributed by atoms with Crippen LogP contribution in [-0.2, 0) is 6.54 Å². The summed E-state index contributed by atoms with van der Waals surface area (Å²) in [7, 11) is 0. The molecule has 116 valence electrons. The minimum Gasteiger partial charge on any atom is -0.471 e. The zero-order chi connectivity index (χ0) is 15.9. The van der Waals surface area contributed by atoms with E-state index in [4.69, 9.17) is 27.9 Å². The standard InChI is InChI=1S/C16H16Cl2N2O2/c1-11(22-15-7-5-13(17)6-8-15)20-16(21)19-10-12-3-2-4-14(18)9-12/h2-9,11H,10H2,1H3,(H2,19,20,21). The third kappa shape index (κ3) is 5.47. The summed E-state index contributed by atoms with van der Waals surface area (Å²) >= 11 is 11.7. The van der Waals surface area contributed by atoms with E-state index in [1.54, 1.807) is 43.3 Å². The zero-order valence-electron chi connectivity index (χ0n) is 12.0. The fraction of sp³-hybridized carbons (Fsp3) is 0.188. The Labute approximate surface area is 139 Å². The molecule has 0 fully saturated rings. The van der Waals surface area contributed by atoms with Crippen LogP contribution in [0.15, 0.2) is 48.5 Å². The quantitative estimate of drug-likeness (QED) is 0.802. The molecule has 22 heavy (non-hydrogen) atoms. The highest BCUT2D eigenvalue weighted by atomic mass is 35.5. The molecule has 2 aromatic rings. The van der Waals surface area contributed by atoms with Crippen molar-refractivity contribution in [3.8, 4) is 5.75 Å². The van der Waals surface area contributed by atoms with Crippen LogP contribution in [0, 0.1) is 0 Å². The first-order chi connectivity index (χ1) is 10.5. The summed E-state index contributed by atoms with van der Waals surface area (Å²) in [4.78, 5) is 11.8. The topological polar surface area (TPSA) is 50.4 Å². The van der Waals surface area contributed by atoms with Crippen molar-refractivity contribution in [2.75, 3.05) is 0 Å². The minimum absolute atomic E-state index is 0.318. The Bertz CT molecular complexity index is 632. The largest absolute Gasteiger partial charge is 0.471 e. The average Bonchev–Trinajstić information content (AvgIpc) is 2.47. The molecular formula is C16H16Cl2N2O2. The highest BCUT2D eigenvalue weighted by molar-refractivity contribution is 6.30. The number of amides is 2. The molecule has 0 heterocycles. The molecule has 0 bridgehead atoms. The van der Waals surface area contributed by atoms with Gasteiger partial charge in [0, 0.05) is 16.6 Å². The summed E-state index contributed by atoms with van der Waals surface area (Å²) in [6.07, 6.45) is -0.472. The minimum atomic E-state index is -0.472. The molecular weight excluding hydrogens is 323 g/mol. The Morgan fingerprint density at radius 3 is 2.55 bits per heavy atom. The number of benzene rings is 2. The van der Waals surface area contributed by atoms with E-state index in [0.29, 0.717) is 22.3 Å². The van der Waals surface area contributed by atoms with Gasteiger partial charge in [-0.25, -0.2) is 4.79 Å². The third-order valence-electron chi connectivity index (χ3n) is 2.80. The number of urea groups is 1. The Kier molecular flexibility index (Phi) is 5.92. The zero-order valence-corrected chi connectivity index (χ0v) is 13.5. The second-order valence-electron chi connectivity index (χ2n) is 4.67. The van der Waals surface area contributed by atoms with Crippen LogP contribution < -0.4 is 15.4 Å². The molecule has 0 aliphatic carbocycles. The molecule has 2 aromatic carbocycles. The number of carbonyl (C=O) groups is 1. The predicted molar refractivity (Wildman–Crippen MR) is 88.4 cm³/mol. The lowest BCUT2D eigenvalue weighted by molar-refractivity contribution is 0.177. The van der Waals surface area contributed by atoms with Crippen molar-refractivity contribution in [1.82, 2.24) is 10.6 Å². The molecule has 4 nitrogen and oxygen atoms in total. The normalized spacial score (nSPS) is 11.6. The van der Waals surface area contributed by atoms with Crippen molar-refractivity contribution in [2.24, 2.45) is 0 Å². The van der Waals surface area contributed by atoms with E-state index < -0.39 is 6.23 Å². The second kappa shape index (κ2) is 7.92. The Hall–Kier alpha value is -1.91. The van der Waals surface area contributed by atoms with Gasteiger partial charge in [0.15, 0.2) is 6.23 Å². The monoisotopic (exact) mass is 338 g/mol. The molecule has 0 saturated heterocycles. The van der Waals surface area contributed by atoms with Gasteiger partial charge in [-0.2, -0.15) is 0 Å². The van der Waals surface area contributed by atoms with Crippen LogP contribution in [0.3, 0.4) is 0 Å². The summed E-state index contributed by atoms with van der Waals surface area (Å²) in [5.41, 5.74) is 0.925. The maximum absolute atomic E-state index is 11.8. The molecule has 6 heteroatoms. The van der Waals surface area contributed by atoms with E-state index >= 15 is 0 Å². The van der Waals surface area contributed by atoms with Crippen LogP contribution in [-0.4, -0.2) is 12.3 Å². The first-order valence-corrected chi connectivity index (χ1v) is 7.49. The van der Waals surface area contributed by atoms with E-state index in [2.05, 4.69) is 10.6 Å². The molecule has 2 N–H and O–H groups in total. The van der Waals surface area contributed by atoms with E-state index in [-0.39, 0.29) is 6.03 Å². The lowest BCUT2D eigenvalue weighted by atomic mass is 10.2. The smallest absolute Gasteiger partial charge is 0.317 e. The lowest BCUT2D eigenvalue weighted by Gasteiger charge is -2.16. The SMILES string of the molecule is CC(NC(=O)NCc1cccc(Cl)c1)Oc1ccc(Cl)cc1. The number of nitrogens with one attached hydrogen (secondary N) is 2. The Balaban J connectivity index is 1.77. The van der Waals surface area contributed by atoms with Gasteiger partial charge >= 0.3 is 6.03 Å². The Morgan fingerprint density at radius 2 is 1.86 bits per heavy atom. The molecule has 0 aliphatic heterocycles. The van der Waals surface area contributed by atoms with E-state index in [1.807, 2.05) is 12.1 Å². The number of carbonyl (C=O) groups excluding carboxylic acids is 1. The first kappa shape index (κ1) is 16.5. The average molecular weight is 339 g/mol. The molecule has 0 saturated carbocycles. The molecule has 2 amide bonds. The number of halogens is 2. The van der Waals surface area contributed by atoms with Crippen LogP contribution in [0.2, 0.25) is 10.0 Å². The lowest BCUT2D eigenvalue weighted by Crippen LogP contribution is -2.43. The van der Waals surface area contributed by atoms with Crippen molar-refractivity contribution in [2.45, 2.75) is 19.7 Å². The first-order valence-electron chi connectivity index (χ1n) is 6.74. The summed E-state index contributed by atoms with van der Waals surface area (Å²) < 4.78 is 5.56. The van der Waals surface area contributed by atoms with E-state index in [9.17, 15) is 4.79 Å². The van der Waals surface area contributed by atoms with E-state index in [1.165, 1.54) is 0 Å². The fourth-order valence-electron chi connectivity index (χ4n) is 1.81. The second-order valence-corrected chi connectivity index (χ2v) is 5.54. The molecule has 1 unspecified atom stereocenters. The molecule has 0 aliphatic rings. The molecule has 2 rings (SSSR count). The van der Waals surface area contributed by atoms with Crippen LogP contribution in [0.1, 0.15) is 12.5 Å². The highest BCUT2D eigenvalue weighted by Gasteiger charge is 2.08. The molecule has 0 spiro atoms. The number of rotatable bonds is 5. The Morgan fingerprint density at radius 1 is 1.14 bits per heavy atom. The predicted octanol–water partition coefficient (Wildman–Crippen LogP) is 4.22. The summed E-state index contributed by atoms with van der Waals surface area (Å²) in [6, 6.07) is 13.9. The van der Waals surface area contributed by atoms with Gasteiger partial charge in [0.25, 0.3) is 0 Å². The van der Waals surface area contributed by atoms with Gasteiger partial charge in [0.1, 0.15) is 5.75 Å². The van der Waals surface area contributed by atoms with Gasteiger partial charge < -0.3 is 15.4 Å². The van der Waals surface area contributed by atoms with Crippen molar-refractivity contribution in [3.63, 3.8) is 0 Å². The maximum Gasteiger partial charge on any atom is 0.317 e. The summed E-state index contributed by atoms with van der Waals surface area (Å²) in [5, 5.41) is 6.70. The van der Waals surface area contributed by atoms with Crippen molar-refractivity contribution in [3.05, 3.63) is 64.1 Å². The van der Waals surface area contributed by atoms with Gasteiger partial charge in [-0.15, -0.1) is 0 Å². The van der Waals surface area contributed by atoms with Gasteiger partial charge in [0.2, 0.25) is 0 Å². The van der Waals surface area contributed by atoms with Crippen LogP contribution in [0.5, 0.6) is 5.75 Å². The van der Waals surface area contributed by atoms with E-state index in [0.717, 1.165) is 5.56 Å². The molecule has 1 atom stereocenters. The fourth-order valence-corrected chi connectivity index (χ4v) is 2.15. The maximum atomic E-state index is 11.8. The molecule has 0 aromatic heterocycles. The third-order valence-corrected chi connectivity index (χ3v) is 3.29. The van der Waals surface area contributed by atoms with Gasteiger partial charge in [-0.1, -0.05) is 35.3 Å². The van der Waals surface area contributed by atoms with Crippen LogP contribution >= 0.6 is 23.2 Å². The molecule has 0 radical (unpaired) electrons. The van der Waals surface area contributed by atoms with Crippen molar-refractivity contribution >= 4 is 29.2 Å². The highest BCUT2D eigenvalue weighted by Crippen LogP contribution is 2.16. The van der Waals surface area contributed by atoms with Gasteiger partial charge in [-0.3, -0.25) is 0 Å². The van der Waals surface area contributed by atoms with Crippen molar-refractivity contribution in [1.29, 1.82) is 0 Å².